The average Bonchev–Trinajstić information content (AvgIpc) is 2.96. The molecule has 2 aliphatic heterocycles. The molecule has 0 spiro atoms. The van der Waals surface area contributed by atoms with Crippen molar-refractivity contribution in [2.24, 2.45) is 0 Å². The molecule has 4 nitrogen and oxygen atoms in total. The maximum Gasteiger partial charge on any atom is 0.318 e. The first-order valence-electron chi connectivity index (χ1n) is 9.70. The highest BCUT2D eigenvalue weighted by molar-refractivity contribution is 5.76. The summed E-state index contributed by atoms with van der Waals surface area (Å²) in [6.07, 6.45) is 3.87. The molecule has 4 rings (SSSR count). The smallest absolute Gasteiger partial charge is 0.318 e. The van der Waals surface area contributed by atoms with Gasteiger partial charge in [-0.2, -0.15) is 0 Å². The van der Waals surface area contributed by atoms with Crippen molar-refractivity contribution < 1.29 is 13.9 Å². The second-order valence-corrected chi connectivity index (χ2v) is 7.31. The number of nitrogens with one attached hydrogen (secondary N) is 1. The van der Waals surface area contributed by atoms with E-state index in [4.69, 9.17) is 4.74 Å². The number of hydrogen-bond donors (Lipinski definition) is 1. The van der Waals surface area contributed by atoms with Crippen molar-refractivity contribution in [1.82, 2.24) is 10.2 Å². The van der Waals surface area contributed by atoms with Gasteiger partial charge in [0.2, 0.25) is 0 Å². The van der Waals surface area contributed by atoms with Crippen LogP contribution in [0.4, 0.5) is 9.18 Å². The summed E-state index contributed by atoms with van der Waals surface area (Å²) in [5.74, 6) is -0.269. The summed E-state index contributed by atoms with van der Waals surface area (Å²) in [6.45, 7) is 1.97. The van der Waals surface area contributed by atoms with E-state index in [9.17, 15) is 9.18 Å². The number of rotatable bonds is 2. The van der Waals surface area contributed by atoms with E-state index in [-0.39, 0.29) is 23.9 Å². The molecule has 0 aromatic heterocycles. The minimum absolute atomic E-state index is 0.0473. The Morgan fingerprint density at radius 2 is 1.93 bits per heavy atom. The van der Waals surface area contributed by atoms with Crippen molar-refractivity contribution in [2.45, 2.75) is 37.8 Å². The van der Waals surface area contributed by atoms with Crippen molar-refractivity contribution >= 4 is 6.03 Å². The van der Waals surface area contributed by atoms with Gasteiger partial charge < -0.3 is 15.0 Å². The number of hydrogen-bond acceptors (Lipinski definition) is 2. The summed E-state index contributed by atoms with van der Waals surface area (Å²) in [7, 11) is 0. The zero-order valence-corrected chi connectivity index (χ0v) is 15.4. The molecule has 1 saturated heterocycles. The highest BCUT2D eigenvalue weighted by Crippen LogP contribution is 2.35. The molecule has 2 aromatic rings. The number of fused-ring (bicyclic) bond motifs is 1. The third kappa shape index (κ3) is 3.98. The molecule has 0 aliphatic carbocycles. The third-order valence-electron chi connectivity index (χ3n) is 5.47. The molecule has 27 heavy (non-hydrogen) atoms. The van der Waals surface area contributed by atoms with E-state index < -0.39 is 0 Å². The summed E-state index contributed by atoms with van der Waals surface area (Å²) < 4.78 is 19.0. The molecule has 2 atom stereocenters. The van der Waals surface area contributed by atoms with Crippen molar-refractivity contribution in [2.75, 3.05) is 19.8 Å². The monoisotopic (exact) mass is 368 g/mol. The lowest BCUT2D eigenvalue weighted by Gasteiger charge is -2.38. The maximum atomic E-state index is 13.4. The fraction of sp³-hybridized carbons (Fsp3) is 0.409. The first-order chi connectivity index (χ1) is 13.2. The largest absolute Gasteiger partial charge is 0.379 e. The van der Waals surface area contributed by atoms with Gasteiger partial charge in [-0.15, -0.1) is 0 Å². The van der Waals surface area contributed by atoms with Crippen LogP contribution in [0.25, 0.3) is 0 Å². The first-order valence-corrected chi connectivity index (χ1v) is 9.70. The van der Waals surface area contributed by atoms with E-state index in [1.54, 1.807) is 12.1 Å². The predicted octanol–water partition coefficient (Wildman–Crippen LogP) is 4.05. The number of carbonyl (C=O) groups is 1. The Kier molecular flexibility index (Phi) is 5.39. The van der Waals surface area contributed by atoms with Crippen LogP contribution in [0.1, 0.15) is 42.0 Å². The average molecular weight is 368 g/mol. The second-order valence-electron chi connectivity index (χ2n) is 7.31. The van der Waals surface area contributed by atoms with Gasteiger partial charge in [-0.05, 0) is 54.5 Å². The van der Waals surface area contributed by atoms with Crippen molar-refractivity contribution in [1.29, 1.82) is 0 Å². The third-order valence-corrected chi connectivity index (χ3v) is 5.47. The predicted molar refractivity (Wildman–Crippen MR) is 102 cm³/mol. The zero-order valence-electron chi connectivity index (χ0n) is 15.4. The van der Waals surface area contributed by atoms with Crippen LogP contribution >= 0.6 is 0 Å². The fourth-order valence-corrected chi connectivity index (χ4v) is 4.07. The van der Waals surface area contributed by atoms with E-state index in [0.717, 1.165) is 43.4 Å². The fourth-order valence-electron chi connectivity index (χ4n) is 4.07. The number of halogens is 1. The van der Waals surface area contributed by atoms with Crippen LogP contribution < -0.4 is 5.32 Å². The van der Waals surface area contributed by atoms with Crippen LogP contribution in [0.5, 0.6) is 0 Å². The van der Waals surface area contributed by atoms with Crippen LogP contribution in [0, 0.1) is 5.82 Å². The van der Waals surface area contributed by atoms with E-state index >= 15 is 0 Å². The molecular weight excluding hydrogens is 343 g/mol. The van der Waals surface area contributed by atoms with E-state index in [0.29, 0.717) is 13.2 Å². The van der Waals surface area contributed by atoms with E-state index in [2.05, 4.69) is 17.4 Å². The van der Waals surface area contributed by atoms with Gasteiger partial charge >= 0.3 is 6.03 Å². The first kappa shape index (κ1) is 18.0. The molecule has 0 bridgehead atoms. The lowest BCUT2D eigenvalue weighted by Crippen LogP contribution is -2.50. The second kappa shape index (κ2) is 8.09. The van der Waals surface area contributed by atoms with Crippen LogP contribution in [0.2, 0.25) is 0 Å². The van der Waals surface area contributed by atoms with Crippen LogP contribution in [0.15, 0.2) is 48.5 Å². The molecule has 1 fully saturated rings. The summed E-state index contributed by atoms with van der Waals surface area (Å²) in [6, 6.07) is 14.4. The normalized spacial score (nSPS) is 22.6. The molecule has 5 heteroatoms. The molecule has 0 saturated carbocycles. The van der Waals surface area contributed by atoms with Gasteiger partial charge in [0, 0.05) is 13.2 Å². The van der Waals surface area contributed by atoms with Gasteiger partial charge in [0.15, 0.2) is 0 Å². The van der Waals surface area contributed by atoms with Gasteiger partial charge in [0.25, 0.3) is 0 Å². The van der Waals surface area contributed by atoms with E-state index in [1.807, 2.05) is 17.0 Å². The number of ether oxygens (including phenoxy) is 1. The van der Waals surface area contributed by atoms with E-state index in [1.165, 1.54) is 17.7 Å². The standard InChI is InChI=1S/C22H25FN2O2/c23-18-10-8-17(9-11-18)21-20-7-2-1-5-16(20)12-13-25(21)22(26)24-19-6-3-4-14-27-15-19/h1-2,5,7-11,19,21H,3-4,6,12-15H2,(H,24,26)/t19?,21-/m0/s1. The van der Waals surface area contributed by atoms with Crippen LogP contribution in [0.3, 0.4) is 0 Å². The summed E-state index contributed by atoms with van der Waals surface area (Å²) >= 11 is 0. The molecule has 2 heterocycles. The number of urea groups is 1. The zero-order chi connectivity index (χ0) is 18.6. The van der Waals surface area contributed by atoms with Gasteiger partial charge in [-0.25, -0.2) is 9.18 Å². The Hall–Kier alpha value is -2.40. The van der Waals surface area contributed by atoms with Gasteiger partial charge in [0.05, 0.1) is 18.7 Å². The highest BCUT2D eigenvalue weighted by Gasteiger charge is 2.32. The van der Waals surface area contributed by atoms with Gasteiger partial charge in [0.1, 0.15) is 5.82 Å². The molecule has 1 unspecified atom stereocenters. The SMILES string of the molecule is O=C(NC1CCCCOC1)N1CCc2ccccc2[C@@H]1c1ccc(F)cc1. The maximum absolute atomic E-state index is 13.4. The topological polar surface area (TPSA) is 41.6 Å². The highest BCUT2D eigenvalue weighted by atomic mass is 19.1. The van der Waals surface area contributed by atoms with Crippen LogP contribution in [-0.4, -0.2) is 36.7 Å². The van der Waals surface area contributed by atoms with Crippen molar-refractivity contribution in [3.05, 3.63) is 71.0 Å². The number of carbonyl (C=O) groups excluding carboxylic acids is 1. The van der Waals surface area contributed by atoms with Crippen molar-refractivity contribution in [3.63, 3.8) is 0 Å². The quantitative estimate of drug-likeness (QED) is 0.869. The summed E-state index contributed by atoms with van der Waals surface area (Å²) in [4.78, 5) is 15.0. The number of amides is 2. The lowest BCUT2D eigenvalue weighted by molar-refractivity contribution is 0.121. The van der Waals surface area contributed by atoms with Crippen LogP contribution in [-0.2, 0) is 11.2 Å². The number of benzene rings is 2. The summed E-state index contributed by atoms with van der Waals surface area (Å²) in [5, 5.41) is 3.16. The molecule has 1 N–H and O–H groups in total. The Balaban J connectivity index is 1.62. The Morgan fingerprint density at radius 1 is 1.11 bits per heavy atom. The molecule has 2 amide bonds. The number of nitrogens with zero attached hydrogens (tertiary/aromatic N) is 1. The molecular formula is C22H25FN2O2. The Bertz CT molecular complexity index is 785. The minimum Gasteiger partial charge on any atom is -0.379 e. The minimum atomic E-state index is -0.269. The molecule has 2 aromatic carbocycles. The summed E-state index contributed by atoms with van der Waals surface area (Å²) in [5.41, 5.74) is 3.28. The molecule has 2 aliphatic rings. The van der Waals surface area contributed by atoms with Gasteiger partial charge in [-0.3, -0.25) is 0 Å². The van der Waals surface area contributed by atoms with Gasteiger partial charge in [-0.1, -0.05) is 36.4 Å². The molecule has 0 radical (unpaired) electrons. The molecule has 142 valence electrons. The van der Waals surface area contributed by atoms with Crippen molar-refractivity contribution in [3.8, 4) is 0 Å². The lowest BCUT2D eigenvalue weighted by atomic mass is 9.88. The Morgan fingerprint density at radius 3 is 2.78 bits per heavy atom. The Labute approximate surface area is 159 Å².